The lowest BCUT2D eigenvalue weighted by Crippen LogP contribution is -2.22. The van der Waals surface area contributed by atoms with Gasteiger partial charge in [-0.05, 0) is 48.0 Å². The number of hydrogen-bond donors (Lipinski definition) is 2. The molecule has 4 aromatic carbocycles. The van der Waals surface area contributed by atoms with Crippen molar-refractivity contribution in [1.29, 1.82) is 0 Å². The van der Waals surface area contributed by atoms with Gasteiger partial charge in [0.1, 0.15) is 11.5 Å². The molecule has 0 aliphatic rings. The van der Waals surface area contributed by atoms with Crippen LogP contribution in [0.25, 0.3) is 10.8 Å². The average molecular weight is 443 g/mol. The Bertz CT molecular complexity index is 1220. The largest absolute Gasteiger partial charge is 0.497 e. The third-order valence-corrected chi connectivity index (χ3v) is 4.74. The SMILES string of the molecule is CCNC(=O)c1cccc2ccccc12.COc1cccc(Oc2ccccc2NC=O)c1. The van der Waals surface area contributed by atoms with Crippen molar-refractivity contribution < 1.29 is 19.1 Å². The first kappa shape index (κ1) is 23.3. The molecule has 0 bridgehead atoms. The molecule has 33 heavy (non-hydrogen) atoms. The number of carbonyl (C=O) groups excluding carboxylic acids is 2. The van der Waals surface area contributed by atoms with Crippen molar-refractivity contribution in [3.8, 4) is 17.2 Å². The van der Waals surface area contributed by atoms with Crippen molar-refractivity contribution in [3.05, 3.63) is 96.6 Å². The molecular weight excluding hydrogens is 416 g/mol. The Morgan fingerprint density at radius 1 is 0.879 bits per heavy atom. The van der Waals surface area contributed by atoms with E-state index in [1.807, 2.05) is 79.7 Å². The summed E-state index contributed by atoms with van der Waals surface area (Å²) >= 11 is 0. The number of carbonyl (C=O) groups is 2. The number of nitrogens with one attached hydrogen (secondary N) is 2. The van der Waals surface area contributed by atoms with Crippen molar-refractivity contribution in [3.63, 3.8) is 0 Å². The quantitative estimate of drug-likeness (QED) is 0.363. The minimum atomic E-state index is -0.00528. The summed E-state index contributed by atoms with van der Waals surface area (Å²) in [6.07, 6.45) is 0.619. The zero-order valence-corrected chi connectivity index (χ0v) is 18.6. The lowest BCUT2D eigenvalue weighted by molar-refractivity contribution is -0.105. The van der Waals surface area contributed by atoms with Crippen molar-refractivity contribution in [2.75, 3.05) is 19.0 Å². The summed E-state index contributed by atoms with van der Waals surface area (Å²) < 4.78 is 10.8. The number of anilines is 1. The van der Waals surface area contributed by atoms with Crippen LogP contribution in [0.3, 0.4) is 0 Å². The second kappa shape index (κ2) is 11.9. The van der Waals surface area contributed by atoms with Crippen LogP contribution in [0.2, 0.25) is 0 Å². The van der Waals surface area contributed by atoms with Crippen molar-refractivity contribution in [2.45, 2.75) is 6.92 Å². The highest BCUT2D eigenvalue weighted by molar-refractivity contribution is 6.06. The molecule has 0 spiro atoms. The van der Waals surface area contributed by atoms with E-state index in [1.165, 1.54) is 0 Å². The van der Waals surface area contributed by atoms with Crippen LogP contribution in [0.4, 0.5) is 5.69 Å². The predicted octanol–water partition coefficient (Wildman–Crippen LogP) is 5.65. The molecule has 0 aliphatic heterocycles. The van der Waals surface area contributed by atoms with Crippen LogP contribution in [0, 0.1) is 0 Å². The first-order chi connectivity index (χ1) is 16.2. The number of hydrogen-bond acceptors (Lipinski definition) is 4. The van der Waals surface area contributed by atoms with Gasteiger partial charge in [-0.2, -0.15) is 0 Å². The first-order valence-corrected chi connectivity index (χ1v) is 10.5. The molecule has 2 amide bonds. The molecule has 6 heteroatoms. The van der Waals surface area contributed by atoms with Gasteiger partial charge in [-0.25, -0.2) is 0 Å². The first-order valence-electron chi connectivity index (χ1n) is 10.5. The Balaban J connectivity index is 0.000000189. The van der Waals surface area contributed by atoms with E-state index in [4.69, 9.17) is 9.47 Å². The van der Waals surface area contributed by atoms with Crippen LogP contribution in [0.1, 0.15) is 17.3 Å². The fourth-order valence-electron chi connectivity index (χ4n) is 3.21. The molecule has 0 aliphatic carbocycles. The Morgan fingerprint density at radius 3 is 2.36 bits per heavy atom. The van der Waals surface area contributed by atoms with Crippen LogP contribution in [-0.2, 0) is 4.79 Å². The summed E-state index contributed by atoms with van der Waals surface area (Å²) in [4.78, 5) is 22.2. The van der Waals surface area contributed by atoms with Crippen molar-refractivity contribution >= 4 is 28.8 Å². The molecular formula is C27H26N2O4. The van der Waals surface area contributed by atoms with E-state index in [9.17, 15) is 9.59 Å². The molecule has 0 aromatic heterocycles. The fraction of sp³-hybridized carbons (Fsp3) is 0.111. The van der Waals surface area contributed by atoms with Gasteiger partial charge in [0, 0.05) is 18.2 Å². The Labute approximate surface area is 193 Å². The van der Waals surface area contributed by atoms with E-state index in [0.717, 1.165) is 16.3 Å². The minimum Gasteiger partial charge on any atom is -0.497 e. The van der Waals surface area contributed by atoms with E-state index in [-0.39, 0.29) is 5.91 Å². The summed E-state index contributed by atoms with van der Waals surface area (Å²) in [5.74, 6) is 1.94. The zero-order valence-electron chi connectivity index (χ0n) is 18.6. The summed E-state index contributed by atoms with van der Waals surface area (Å²) in [6.45, 7) is 2.57. The average Bonchev–Trinajstić information content (AvgIpc) is 2.86. The topological polar surface area (TPSA) is 76.7 Å². The zero-order chi connectivity index (χ0) is 23.5. The summed E-state index contributed by atoms with van der Waals surface area (Å²) in [5, 5.41) is 7.51. The Hall–Kier alpha value is -4.32. The molecule has 6 nitrogen and oxygen atoms in total. The van der Waals surface area contributed by atoms with Gasteiger partial charge < -0.3 is 20.1 Å². The van der Waals surface area contributed by atoms with Gasteiger partial charge in [0.15, 0.2) is 5.75 Å². The maximum atomic E-state index is 11.7. The maximum Gasteiger partial charge on any atom is 0.251 e. The number of amides is 2. The number of methoxy groups -OCH3 is 1. The van der Waals surface area contributed by atoms with Gasteiger partial charge in [0.2, 0.25) is 6.41 Å². The minimum absolute atomic E-state index is 0.00528. The maximum absolute atomic E-state index is 11.7. The molecule has 0 saturated carbocycles. The van der Waals surface area contributed by atoms with Gasteiger partial charge in [0.05, 0.1) is 12.8 Å². The van der Waals surface area contributed by atoms with Crippen LogP contribution in [-0.4, -0.2) is 26.0 Å². The van der Waals surface area contributed by atoms with Gasteiger partial charge in [-0.15, -0.1) is 0 Å². The molecule has 0 fully saturated rings. The highest BCUT2D eigenvalue weighted by Crippen LogP contribution is 2.30. The molecule has 0 saturated heterocycles. The number of fused-ring (bicyclic) bond motifs is 1. The highest BCUT2D eigenvalue weighted by atomic mass is 16.5. The number of benzene rings is 4. The van der Waals surface area contributed by atoms with Gasteiger partial charge in [-0.3, -0.25) is 9.59 Å². The molecule has 4 rings (SSSR count). The van der Waals surface area contributed by atoms with Crippen molar-refractivity contribution in [2.24, 2.45) is 0 Å². The van der Waals surface area contributed by atoms with Gasteiger partial charge in [-0.1, -0.05) is 54.6 Å². The smallest absolute Gasteiger partial charge is 0.251 e. The second-order valence-corrected chi connectivity index (χ2v) is 6.93. The summed E-state index contributed by atoms with van der Waals surface area (Å²) in [5.41, 5.74) is 1.37. The molecule has 2 N–H and O–H groups in total. The van der Waals surface area contributed by atoms with E-state index >= 15 is 0 Å². The van der Waals surface area contributed by atoms with Crippen LogP contribution < -0.4 is 20.1 Å². The van der Waals surface area contributed by atoms with Crippen LogP contribution in [0.15, 0.2) is 91.0 Å². The Morgan fingerprint density at radius 2 is 1.58 bits per heavy atom. The third kappa shape index (κ3) is 6.33. The lowest BCUT2D eigenvalue weighted by Gasteiger charge is -2.10. The highest BCUT2D eigenvalue weighted by Gasteiger charge is 2.07. The van der Waals surface area contributed by atoms with Gasteiger partial charge in [0.25, 0.3) is 5.91 Å². The number of ether oxygens (including phenoxy) is 2. The number of rotatable bonds is 7. The molecule has 0 radical (unpaired) electrons. The molecule has 4 aromatic rings. The molecule has 0 heterocycles. The summed E-state index contributed by atoms with van der Waals surface area (Å²) in [6, 6.07) is 28.2. The third-order valence-electron chi connectivity index (χ3n) is 4.74. The number of para-hydroxylation sites is 2. The molecule has 168 valence electrons. The normalized spacial score (nSPS) is 9.88. The molecule has 0 atom stereocenters. The van der Waals surface area contributed by atoms with Crippen LogP contribution >= 0.6 is 0 Å². The molecule has 0 unspecified atom stereocenters. The lowest BCUT2D eigenvalue weighted by atomic mass is 10.0. The van der Waals surface area contributed by atoms with E-state index in [2.05, 4.69) is 10.6 Å². The fourth-order valence-corrected chi connectivity index (χ4v) is 3.21. The second-order valence-electron chi connectivity index (χ2n) is 6.93. The monoisotopic (exact) mass is 442 g/mol. The van der Waals surface area contributed by atoms with E-state index < -0.39 is 0 Å². The van der Waals surface area contributed by atoms with E-state index in [0.29, 0.717) is 35.9 Å². The summed E-state index contributed by atoms with van der Waals surface area (Å²) in [7, 11) is 1.60. The van der Waals surface area contributed by atoms with Crippen LogP contribution in [0.5, 0.6) is 17.2 Å². The predicted molar refractivity (Wildman–Crippen MR) is 131 cm³/mol. The van der Waals surface area contributed by atoms with Crippen molar-refractivity contribution in [1.82, 2.24) is 5.32 Å². The Kier molecular flexibility index (Phi) is 8.42. The standard InChI is InChI=1S/C14H13NO3.C13H13NO/c1-17-11-5-4-6-12(9-11)18-14-8-3-2-7-13(14)15-10-16;1-2-14-13(15)12-9-5-7-10-6-3-4-8-11(10)12/h2-10H,1H3,(H,15,16);3-9H,2H2,1H3,(H,14,15). The van der Waals surface area contributed by atoms with Gasteiger partial charge >= 0.3 is 0 Å². The van der Waals surface area contributed by atoms with E-state index in [1.54, 1.807) is 25.3 Å².